The van der Waals surface area contributed by atoms with Crippen LogP contribution in [0.4, 0.5) is 5.69 Å². The van der Waals surface area contributed by atoms with E-state index >= 15 is 0 Å². The van der Waals surface area contributed by atoms with E-state index in [0.717, 1.165) is 5.69 Å². The lowest BCUT2D eigenvalue weighted by atomic mass is 10.2. The van der Waals surface area contributed by atoms with Gasteiger partial charge < -0.3 is 9.84 Å². The third-order valence-electron chi connectivity index (χ3n) is 1.92. The fourth-order valence-corrected chi connectivity index (χ4v) is 1.22. The van der Waals surface area contributed by atoms with Crippen LogP contribution in [0.3, 0.4) is 0 Å². The number of nitrogens with zero attached hydrogens (tertiary/aromatic N) is 1. The topological polar surface area (TPSA) is 29.5 Å². The molecule has 72 valence electrons. The van der Waals surface area contributed by atoms with Crippen molar-refractivity contribution < 1.29 is 9.84 Å². The highest BCUT2D eigenvalue weighted by Gasteiger charge is 2.19. The lowest BCUT2D eigenvalue weighted by Crippen LogP contribution is -2.34. The van der Waals surface area contributed by atoms with Crippen molar-refractivity contribution in [2.24, 2.45) is 0 Å². The van der Waals surface area contributed by atoms with E-state index in [2.05, 4.69) is 0 Å². The lowest BCUT2D eigenvalue weighted by molar-refractivity contribution is 0.362. The Morgan fingerprint density at radius 2 is 1.85 bits per heavy atom. The van der Waals surface area contributed by atoms with Gasteiger partial charge in [0.2, 0.25) is 5.75 Å². The van der Waals surface area contributed by atoms with Crippen LogP contribution in [0, 0.1) is 0 Å². The van der Waals surface area contributed by atoms with Gasteiger partial charge in [-0.3, -0.25) is 4.48 Å². The van der Waals surface area contributed by atoms with Crippen molar-refractivity contribution in [3.63, 3.8) is 0 Å². The Kier molecular flexibility index (Phi) is 2.48. The second-order valence-corrected chi connectivity index (χ2v) is 3.84. The van der Waals surface area contributed by atoms with Gasteiger partial charge in [0.05, 0.1) is 28.3 Å². The zero-order valence-electron chi connectivity index (χ0n) is 8.53. The highest BCUT2D eigenvalue weighted by atomic mass is 16.5. The second kappa shape index (κ2) is 3.26. The number of benzene rings is 1. The molecule has 0 spiro atoms. The number of ether oxygens (including phenoxy) is 1. The van der Waals surface area contributed by atoms with Crippen molar-refractivity contribution >= 4 is 5.69 Å². The maximum Gasteiger partial charge on any atom is 0.220 e. The van der Waals surface area contributed by atoms with Crippen LogP contribution in [0.1, 0.15) is 0 Å². The number of hydrogen-bond acceptors (Lipinski definition) is 2. The van der Waals surface area contributed by atoms with Crippen molar-refractivity contribution in [2.75, 3.05) is 28.3 Å². The van der Waals surface area contributed by atoms with Gasteiger partial charge in [-0.2, -0.15) is 0 Å². The van der Waals surface area contributed by atoms with Crippen LogP contribution in [-0.4, -0.2) is 33.4 Å². The van der Waals surface area contributed by atoms with Crippen LogP contribution in [0.2, 0.25) is 0 Å². The normalized spacial score (nSPS) is 11.4. The predicted molar refractivity (Wildman–Crippen MR) is 54.2 cm³/mol. The van der Waals surface area contributed by atoms with Crippen LogP contribution < -0.4 is 9.22 Å². The molecule has 1 aromatic rings. The minimum atomic E-state index is 0.220. The van der Waals surface area contributed by atoms with E-state index in [1.807, 2.05) is 33.3 Å². The highest BCUT2D eigenvalue weighted by molar-refractivity contribution is 5.60. The van der Waals surface area contributed by atoms with Gasteiger partial charge in [-0.1, -0.05) is 6.07 Å². The Morgan fingerprint density at radius 3 is 2.31 bits per heavy atom. The molecule has 0 fully saturated rings. The van der Waals surface area contributed by atoms with Crippen molar-refractivity contribution in [3.05, 3.63) is 18.2 Å². The van der Waals surface area contributed by atoms with Gasteiger partial charge in [-0.25, -0.2) is 0 Å². The summed E-state index contributed by atoms with van der Waals surface area (Å²) in [5.74, 6) is 0.739. The molecular weight excluding hydrogens is 166 g/mol. The number of quaternary nitrogens is 1. The SMILES string of the molecule is COc1cccc([N+](C)(C)C)c1O. The average Bonchev–Trinajstić information content (AvgIpc) is 2.02. The quantitative estimate of drug-likeness (QED) is 0.704. The number of phenols is 1. The van der Waals surface area contributed by atoms with Crippen LogP contribution >= 0.6 is 0 Å². The summed E-state index contributed by atoms with van der Waals surface area (Å²) < 4.78 is 5.59. The molecule has 0 radical (unpaired) electrons. The molecular formula is C10H16NO2+. The van der Waals surface area contributed by atoms with Crippen molar-refractivity contribution in [2.45, 2.75) is 0 Å². The maximum atomic E-state index is 9.78. The molecule has 0 unspecified atom stereocenters. The van der Waals surface area contributed by atoms with Crippen molar-refractivity contribution in [3.8, 4) is 11.5 Å². The fraction of sp³-hybridized carbons (Fsp3) is 0.400. The summed E-state index contributed by atoms with van der Waals surface area (Å²) in [6, 6.07) is 5.50. The Morgan fingerprint density at radius 1 is 1.23 bits per heavy atom. The molecule has 0 amide bonds. The Balaban J connectivity index is 3.24. The van der Waals surface area contributed by atoms with E-state index in [4.69, 9.17) is 4.74 Å². The fourth-order valence-electron chi connectivity index (χ4n) is 1.22. The van der Waals surface area contributed by atoms with E-state index in [9.17, 15) is 5.11 Å². The zero-order valence-corrected chi connectivity index (χ0v) is 8.53. The first-order valence-electron chi connectivity index (χ1n) is 4.15. The molecule has 0 saturated heterocycles. The van der Waals surface area contributed by atoms with E-state index in [-0.39, 0.29) is 5.75 Å². The van der Waals surface area contributed by atoms with E-state index in [0.29, 0.717) is 10.2 Å². The smallest absolute Gasteiger partial charge is 0.220 e. The molecule has 0 saturated carbocycles. The molecule has 13 heavy (non-hydrogen) atoms. The number of phenolic OH excluding ortho intramolecular Hbond substituents is 1. The molecule has 3 nitrogen and oxygen atoms in total. The first-order chi connectivity index (χ1) is 5.96. The summed E-state index contributed by atoms with van der Waals surface area (Å²) in [6.07, 6.45) is 0. The standard InChI is InChI=1S/C10H15NO2/c1-11(2,3)8-6-5-7-9(13-4)10(8)12/h5-7H,1-4H3/p+1. The summed E-state index contributed by atoms with van der Waals surface area (Å²) in [5, 5.41) is 9.78. The zero-order chi connectivity index (χ0) is 10.1. The molecule has 1 N–H and O–H groups in total. The van der Waals surface area contributed by atoms with Gasteiger partial charge in [0.15, 0.2) is 11.4 Å². The average molecular weight is 182 g/mol. The molecule has 0 atom stereocenters. The van der Waals surface area contributed by atoms with E-state index in [1.54, 1.807) is 13.2 Å². The Hall–Kier alpha value is -1.22. The molecule has 1 aromatic carbocycles. The highest BCUT2D eigenvalue weighted by Crippen LogP contribution is 2.37. The predicted octanol–water partition coefficient (Wildman–Crippen LogP) is 1.60. The molecule has 3 heteroatoms. The van der Waals surface area contributed by atoms with Crippen molar-refractivity contribution in [1.82, 2.24) is 4.48 Å². The number of aromatic hydroxyl groups is 1. The van der Waals surface area contributed by atoms with E-state index in [1.165, 1.54) is 0 Å². The summed E-state index contributed by atoms with van der Waals surface area (Å²) in [6.45, 7) is 0. The molecule has 0 bridgehead atoms. The Bertz CT molecular complexity index is 302. The molecule has 0 aliphatic carbocycles. The van der Waals surface area contributed by atoms with Gasteiger partial charge in [0.25, 0.3) is 0 Å². The second-order valence-electron chi connectivity index (χ2n) is 3.84. The van der Waals surface area contributed by atoms with Crippen LogP contribution in [0.5, 0.6) is 11.5 Å². The summed E-state index contributed by atoms with van der Waals surface area (Å²) in [5.41, 5.74) is 0.847. The maximum absolute atomic E-state index is 9.78. The van der Waals surface area contributed by atoms with Gasteiger partial charge in [0, 0.05) is 6.07 Å². The van der Waals surface area contributed by atoms with Gasteiger partial charge in [-0.15, -0.1) is 0 Å². The first kappa shape index (κ1) is 9.86. The number of para-hydroxylation sites is 1. The summed E-state index contributed by atoms with van der Waals surface area (Å²) >= 11 is 0. The largest absolute Gasteiger partial charge is 0.500 e. The minimum Gasteiger partial charge on any atom is -0.500 e. The molecule has 0 aliphatic heterocycles. The number of rotatable bonds is 2. The van der Waals surface area contributed by atoms with Gasteiger partial charge >= 0.3 is 0 Å². The molecule has 0 aromatic heterocycles. The first-order valence-corrected chi connectivity index (χ1v) is 4.15. The molecule has 1 rings (SSSR count). The minimum absolute atomic E-state index is 0.220. The molecule has 0 aliphatic rings. The third kappa shape index (κ3) is 1.92. The third-order valence-corrected chi connectivity index (χ3v) is 1.92. The van der Waals surface area contributed by atoms with Crippen molar-refractivity contribution in [1.29, 1.82) is 0 Å². The monoisotopic (exact) mass is 182 g/mol. The van der Waals surface area contributed by atoms with Crippen LogP contribution in [-0.2, 0) is 0 Å². The summed E-state index contributed by atoms with van der Waals surface area (Å²) in [7, 11) is 7.53. The van der Waals surface area contributed by atoms with Gasteiger partial charge in [-0.05, 0) is 6.07 Å². The van der Waals surface area contributed by atoms with Crippen LogP contribution in [0.15, 0.2) is 18.2 Å². The van der Waals surface area contributed by atoms with Gasteiger partial charge in [0.1, 0.15) is 0 Å². The van der Waals surface area contributed by atoms with E-state index < -0.39 is 0 Å². The van der Waals surface area contributed by atoms with Crippen LogP contribution in [0.25, 0.3) is 0 Å². The Labute approximate surface area is 78.8 Å². The summed E-state index contributed by atoms with van der Waals surface area (Å²) in [4.78, 5) is 0. The lowest BCUT2D eigenvalue weighted by Gasteiger charge is -2.24. The number of methoxy groups -OCH3 is 1. The number of hydrogen-bond donors (Lipinski definition) is 1. The molecule has 0 heterocycles.